The zero-order valence-electron chi connectivity index (χ0n) is 9.32. The Morgan fingerprint density at radius 3 is 2.88 bits per heavy atom. The van der Waals surface area contributed by atoms with E-state index in [1.54, 1.807) is 7.11 Å². The van der Waals surface area contributed by atoms with Gasteiger partial charge in [-0.3, -0.25) is 4.79 Å². The van der Waals surface area contributed by atoms with Crippen molar-refractivity contribution in [3.63, 3.8) is 0 Å². The van der Waals surface area contributed by atoms with E-state index in [2.05, 4.69) is 11.9 Å². The number of hydrogen-bond acceptors (Lipinski definition) is 2. The summed E-state index contributed by atoms with van der Waals surface area (Å²) in [6.45, 7) is 3.45. The summed E-state index contributed by atoms with van der Waals surface area (Å²) >= 11 is 0. The summed E-state index contributed by atoms with van der Waals surface area (Å²) in [5.41, 5.74) is 2.03. The summed E-state index contributed by atoms with van der Waals surface area (Å²) in [4.78, 5) is 11.3. The molecule has 1 aromatic carbocycles. The maximum Gasteiger partial charge on any atom is 0.247 e. The standard InChI is InChI=1S/C13H15NO2/c1-3-13(15)14-12-8-10(16-2)6-7-11(12)9-4-5-9/h3,6-9H,1,4-5H2,2H3,(H,14,15). The maximum atomic E-state index is 11.3. The molecule has 2 rings (SSSR count). The SMILES string of the molecule is C=CC(=O)Nc1cc(OC)ccc1C1CC1. The van der Waals surface area contributed by atoms with Gasteiger partial charge in [-0.25, -0.2) is 0 Å². The largest absolute Gasteiger partial charge is 0.497 e. The number of carbonyl (C=O) groups excluding carboxylic acids is 1. The van der Waals surface area contributed by atoms with Crippen LogP contribution in [0.3, 0.4) is 0 Å². The molecule has 0 bridgehead atoms. The van der Waals surface area contributed by atoms with E-state index >= 15 is 0 Å². The Balaban J connectivity index is 2.29. The molecule has 3 heteroatoms. The third kappa shape index (κ3) is 2.24. The van der Waals surface area contributed by atoms with Crippen LogP contribution in [0, 0.1) is 0 Å². The molecule has 0 radical (unpaired) electrons. The number of carbonyl (C=O) groups is 1. The number of hydrogen-bond donors (Lipinski definition) is 1. The van der Waals surface area contributed by atoms with E-state index in [4.69, 9.17) is 4.74 Å². The molecule has 84 valence electrons. The fourth-order valence-electron chi connectivity index (χ4n) is 1.70. The minimum absolute atomic E-state index is 0.185. The third-order valence-corrected chi connectivity index (χ3v) is 2.72. The summed E-state index contributed by atoms with van der Waals surface area (Å²) in [5, 5.41) is 2.82. The second-order valence-corrected chi connectivity index (χ2v) is 3.92. The molecule has 1 saturated carbocycles. The molecule has 1 N–H and O–H groups in total. The summed E-state index contributed by atoms with van der Waals surface area (Å²) in [6.07, 6.45) is 3.67. The second kappa shape index (κ2) is 4.39. The predicted octanol–water partition coefficient (Wildman–Crippen LogP) is 2.70. The minimum atomic E-state index is -0.185. The van der Waals surface area contributed by atoms with Gasteiger partial charge < -0.3 is 10.1 Å². The predicted molar refractivity (Wildman–Crippen MR) is 63.8 cm³/mol. The van der Waals surface area contributed by atoms with Crippen molar-refractivity contribution in [2.24, 2.45) is 0 Å². The fourth-order valence-corrected chi connectivity index (χ4v) is 1.70. The topological polar surface area (TPSA) is 38.3 Å². The molecule has 0 atom stereocenters. The van der Waals surface area contributed by atoms with Gasteiger partial charge in [0, 0.05) is 11.8 Å². The molecule has 0 saturated heterocycles. The number of rotatable bonds is 4. The van der Waals surface area contributed by atoms with Crippen molar-refractivity contribution in [2.75, 3.05) is 12.4 Å². The Hall–Kier alpha value is -1.77. The van der Waals surface area contributed by atoms with Crippen molar-refractivity contribution in [1.82, 2.24) is 0 Å². The van der Waals surface area contributed by atoms with Gasteiger partial charge in [-0.1, -0.05) is 12.6 Å². The van der Waals surface area contributed by atoms with Gasteiger partial charge in [-0.2, -0.15) is 0 Å². The Morgan fingerprint density at radius 1 is 1.56 bits per heavy atom. The van der Waals surface area contributed by atoms with Crippen LogP contribution in [0.15, 0.2) is 30.9 Å². The van der Waals surface area contributed by atoms with Gasteiger partial charge in [0.25, 0.3) is 0 Å². The lowest BCUT2D eigenvalue weighted by Crippen LogP contribution is -2.09. The molecular weight excluding hydrogens is 202 g/mol. The zero-order valence-corrected chi connectivity index (χ0v) is 9.32. The lowest BCUT2D eigenvalue weighted by Gasteiger charge is -2.11. The molecule has 0 unspecified atom stereocenters. The molecule has 0 spiro atoms. The molecule has 1 aromatic rings. The van der Waals surface area contributed by atoms with Crippen molar-refractivity contribution >= 4 is 11.6 Å². The van der Waals surface area contributed by atoms with Crippen molar-refractivity contribution in [2.45, 2.75) is 18.8 Å². The van der Waals surface area contributed by atoms with Crippen molar-refractivity contribution < 1.29 is 9.53 Å². The van der Waals surface area contributed by atoms with E-state index in [1.807, 2.05) is 18.2 Å². The first-order valence-corrected chi connectivity index (χ1v) is 5.36. The lowest BCUT2D eigenvalue weighted by atomic mass is 10.1. The van der Waals surface area contributed by atoms with Gasteiger partial charge in [0.05, 0.1) is 7.11 Å². The zero-order chi connectivity index (χ0) is 11.5. The van der Waals surface area contributed by atoms with E-state index < -0.39 is 0 Å². The first-order valence-electron chi connectivity index (χ1n) is 5.36. The molecule has 1 fully saturated rings. The monoisotopic (exact) mass is 217 g/mol. The van der Waals surface area contributed by atoms with E-state index in [9.17, 15) is 4.79 Å². The smallest absolute Gasteiger partial charge is 0.247 e. The van der Waals surface area contributed by atoms with Crippen molar-refractivity contribution in [1.29, 1.82) is 0 Å². The Bertz CT molecular complexity index is 422. The molecule has 0 heterocycles. The Labute approximate surface area is 95.1 Å². The highest BCUT2D eigenvalue weighted by molar-refractivity contribution is 5.99. The number of nitrogens with one attached hydrogen (secondary N) is 1. The van der Waals surface area contributed by atoms with Gasteiger partial charge in [-0.05, 0) is 36.5 Å². The number of methoxy groups -OCH3 is 1. The average Bonchev–Trinajstić information content (AvgIpc) is 3.12. The number of anilines is 1. The number of ether oxygens (including phenoxy) is 1. The fraction of sp³-hybridized carbons (Fsp3) is 0.308. The molecule has 0 aromatic heterocycles. The van der Waals surface area contributed by atoms with E-state index in [0.29, 0.717) is 5.92 Å². The van der Waals surface area contributed by atoms with Crippen LogP contribution in [-0.4, -0.2) is 13.0 Å². The highest BCUT2D eigenvalue weighted by Crippen LogP contribution is 2.44. The molecule has 3 nitrogen and oxygen atoms in total. The van der Waals surface area contributed by atoms with Crippen molar-refractivity contribution in [3.8, 4) is 5.75 Å². The molecule has 16 heavy (non-hydrogen) atoms. The van der Waals surface area contributed by atoms with Crippen LogP contribution in [0.2, 0.25) is 0 Å². The van der Waals surface area contributed by atoms with E-state index in [1.165, 1.54) is 24.5 Å². The van der Waals surface area contributed by atoms with Gasteiger partial charge in [-0.15, -0.1) is 0 Å². The summed E-state index contributed by atoms with van der Waals surface area (Å²) < 4.78 is 5.15. The second-order valence-electron chi connectivity index (χ2n) is 3.92. The number of benzene rings is 1. The van der Waals surface area contributed by atoms with Crippen LogP contribution < -0.4 is 10.1 Å². The first kappa shape index (κ1) is 10.7. The lowest BCUT2D eigenvalue weighted by molar-refractivity contribution is -0.111. The molecular formula is C13H15NO2. The van der Waals surface area contributed by atoms with Crippen LogP contribution in [-0.2, 0) is 4.79 Å². The van der Waals surface area contributed by atoms with Gasteiger partial charge >= 0.3 is 0 Å². The number of amides is 1. The Kier molecular flexibility index (Phi) is 2.95. The molecule has 1 aliphatic rings. The van der Waals surface area contributed by atoms with E-state index in [0.717, 1.165) is 11.4 Å². The van der Waals surface area contributed by atoms with Gasteiger partial charge in [0.1, 0.15) is 5.75 Å². The summed E-state index contributed by atoms with van der Waals surface area (Å²) in [5.74, 6) is 1.16. The highest BCUT2D eigenvalue weighted by Gasteiger charge is 2.26. The van der Waals surface area contributed by atoms with Gasteiger partial charge in [0.2, 0.25) is 5.91 Å². The highest BCUT2D eigenvalue weighted by atomic mass is 16.5. The first-order chi connectivity index (χ1) is 7.74. The van der Waals surface area contributed by atoms with Crippen LogP contribution in [0.5, 0.6) is 5.75 Å². The normalized spacial score (nSPS) is 14.3. The Morgan fingerprint density at radius 2 is 2.31 bits per heavy atom. The van der Waals surface area contributed by atoms with Gasteiger partial charge in [0.15, 0.2) is 0 Å². The molecule has 1 aliphatic carbocycles. The summed E-state index contributed by atoms with van der Waals surface area (Å²) in [7, 11) is 1.62. The third-order valence-electron chi connectivity index (χ3n) is 2.72. The minimum Gasteiger partial charge on any atom is -0.497 e. The average molecular weight is 217 g/mol. The van der Waals surface area contributed by atoms with Crippen LogP contribution >= 0.6 is 0 Å². The van der Waals surface area contributed by atoms with Crippen LogP contribution in [0.25, 0.3) is 0 Å². The van der Waals surface area contributed by atoms with Crippen LogP contribution in [0.1, 0.15) is 24.3 Å². The summed E-state index contributed by atoms with van der Waals surface area (Å²) in [6, 6.07) is 5.81. The van der Waals surface area contributed by atoms with Crippen molar-refractivity contribution in [3.05, 3.63) is 36.4 Å². The quantitative estimate of drug-likeness (QED) is 0.787. The van der Waals surface area contributed by atoms with E-state index in [-0.39, 0.29) is 5.91 Å². The maximum absolute atomic E-state index is 11.3. The molecule has 1 amide bonds. The molecule has 0 aliphatic heterocycles. The van der Waals surface area contributed by atoms with Crippen LogP contribution in [0.4, 0.5) is 5.69 Å².